The smallest absolute Gasteiger partial charge is 0.276 e. The van der Waals surface area contributed by atoms with E-state index in [2.05, 4.69) is 20.5 Å². The Morgan fingerprint density at radius 1 is 1.04 bits per heavy atom. The number of aromatic nitrogens is 1. The van der Waals surface area contributed by atoms with Crippen LogP contribution in [0.25, 0.3) is 10.9 Å². The Morgan fingerprint density at radius 3 is 2.85 bits per heavy atom. The Kier molecular flexibility index (Phi) is 3.43. The second-order valence-corrected chi connectivity index (χ2v) is 6.95. The fourth-order valence-corrected chi connectivity index (χ4v) is 3.87. The molecule has 0 spiro atoms. The van der Waals surface area contributed by atoms with Crippen molar-refractivity contribution in [3.63, 3.8) is 0 Å². The summed E-state index contributed by atoms with van der Waals surface area (Å²) >= 11 is 6.16. The number of hydrogen-bond acceptors (Lipinski definition) is 3. The van der Waals surface area contributed by atoms with E-state index < -0.39 is 0 Å². The van der Waals surface area contributed by atoms with E-state index in [0.29, 0.717) is 5.71 Å². The molecular weight excluding hydrogens is 348 g/mol. The summed E-state index contributed by atoms with van der Waals surface area (Å²) in [5, 5.41) is 13.4. The Hall–Kier alpha value is -2.92. The zero-order valence-electron chi connectivity index (χ0n) is 13.8. The number of halogens is 1. The minimum Gasteiger partial charge on any atom is -0.353 e. The fraction of sp³-hybridized carbons (Fsp3) is 0.150. The lowest BCUT2D eigenvalue weighted by Gasteiger charge is -2.13. The lowest BCUT2D eigenvalue weighted by atomic mass is 9.94. The summed E-state index contributed by atoms with van der Waals surface area (Å²) in [6.07, 6.45) is 2.81. The molecule has 26 heavy (non-hydrogen) atoms. The molecule has 0 unspecified atom stereocenters. The molecule has 1 aromatic heterocycles. The van der Waals surface area contributed by atoms with Gasteiger partial charge in [-0.05, 0) is 49.1 Å². The molecule has 0 saturated heterocycles. The molecule has 2 N–H and O–H groups in total. The van der Waals surface area contributed by atoms with Gasteiger partial charge in [0.15, 0.2) is 5.71 Å². The number of para-hydroxylation sites is 1. The Labute approximate surface area is 154 Å². The van der Waals surface area contributed by atoms with Crippen LogP contribution >= 0.6 is 11.6 Å². The first-order valence-electron chi connectivity index (χ1n) is 8.56. The standard InChI is InChI=1S/C20H15ClN4O/c21-11-8-9-16-14(10-11)12-5-3-7-17(18(12)22-16)24-25-19-13-4-1-2-6-15(13)23-20(19)26/h1-2,4,6,8-10,22H,3,5,7H2,(H,23,25,26)/b24-17+. The van der Waals surface area contributed by atoms with Crippen molar-refractivity contribution < 1.29 is 4.79 Å². The van der Waals surface area contributed by atoms with Gasteiger partial charge in [0.2, 0.25) is 0 Å². The number of carbonyl (C=O) groups excluding carboxylic acids is 1. The molecule has 2 heterocycles. The molecular formula is C20H15ClN4O. The Bertz CT molecular complexity index is 1130. The number of hydrogen-bond donors (Lipinski definition) is 2. The van der Waals surface area contributed by atoms with Gasteiger partial charge in [-0.3, -0.25) is 4.79 Å². The highest BCUT2D eigenvalue weighted by atomic mass is 35.5. The number of aromatic amines is 1. The average molecular weight is 363 g/mol. The molecule has 6 heteroatoms. The first-order chi connectivity index (χ1) is 12.7. The molecule has 1 aliphatic heterocycles. The quantitative estimate of drug-likeness (QED) is 0.622. The number of aryl methyl sites for hydroxylation is 1. The second kappa shape index (κ2) is 5.81. The van der Waals surface area contributed by atoms with Gasteiger partial charge in [0.25, 0.3) is 5.91 Å². The van der Waals surface area contributed by atoms with Crippen molar-refractivity contribution in [2.24, 2.45) is 10.2 Å². The molecule has 2 aliphatic rings. The van der Waals surface area contributed by atoms with Crippen LogP contribution in [-0.2, 0) is 11.2 Å². The van der Waals surface area contributed by atoms with Gasteiger partial charge < -0.3 is 10.3 Å². The first-order valence-corrected chi connectivity index (χ1v) is 8.94. The number of nitrogens with one attached hydrogen (secondary N) is 2. The molecule has 0 saturated carbocycles. The second-order valence-electron chi connectivity index (χ2n) is 6.52. The minimum absolute atomic E-state index is 0.213. The van der Waals surface area contributed by atoms with Gasteiger partial charge in [-0.25, -0.2) is 0 Å². The van der Waals surface area contributed by atoms with E-state index in [0.717, 1.165) is 57.8 Å². The van der Waals surface area contributed by atoms with Crippen LogP contribution in [0, 0.1) is 0 Å². The highest BCUT2D eigenvalue weighted by Crippen LogP contribution is 2.31. The number of benzene rings is 2. The van der Waals surface area contributed by atoms with Crippen molar-refractivity contribution in [2.75, 3.05) is 5.32 Å². The van der Waals surface area contributed by atoms with Crippen molar-refractivity contribution in [1.82, 2.24) is 4.98 Å². The summed E-state index contributed by atoms with van der Waals surface area (Å²) in [5.41, 5.74) is 6.09. The molecule has 0 atom stereocenters. The largest absolute Gasteiger partial charge is 0.353 e. The lowest BCUT2D eigenvalue weighted by Crippen LogP contribution is -2.15. The van der Waals surface area contributed by atoms with Gasteiger partial charge in [0.1, 0.15) is 0 Å². The summed E-state index contributed by atoms with van der Waals surface area (Å²) in [6.45, 7) is 0. The topological polar surface area (TPSA) is 69.6 Å². The van der Waals surface area contributed by atoms with E-state index in [1.165, 1.54) is 5.56 Å². The number of rotatable bonds is 1. The zero-order valence-corrected chi connectivity index (χ0v) is 14.6. The summed E-state index contributed by atoms with van der Waals surface area (Å²) < 4.78 is 0. The van der Waals surface area contributed by atoms with Crippen LogP contribution in [0.5, 0.6) is 0 Å². The molecule has 1 amide bonds. The van der Waals surface area contributed by atoms with Gasteiger partial charge in [-0.2, -0.15) is 5.10 Å². The Balaban J connectivity index is 1.61. The van der Waals surface area contributed by atoms with E-state index in [9.17, 15) is 4.79 Å². The highest BCUT2D eigenvalue weighted by Gasteiger charge is 2.26. The van der Waals surface area contributed by atoms with Gasteiger partial charge in [0, 0.05) is 21.5 Å². The monoisotopic (exact) mass is 362 g/mol. The number of amides is 1. The molecule has 1 aliphatic carbocycles. The molecule has 0 fully saturated rings. The van der Waals surface area contributed by atoms with Gasteiger partial charge in [0.05, 0.1) is 17.1 Å². The summed E-state index contributed by atoms with van der Waals surface area (Å²) in [7, 11) is 0. The van der Waals surface area contributed by atoms with E-state index in [-0.39, 0.29) is 5.91 Å². The van der Waals surface area contributed by atoms with Crippen molar-refractivity contribution in [3.8, 4) is 0 Å². The summed E-state index contributed by atoms with van der Waals surface area (Å²) in [5.74, 6) is -0.213. The van der Waals surface area contributed by atoms with Gasteiger partial charge in [-0.1, -0.05) is 29.8 Å². The Morgan fingerprint density at radius 2 is 1.92 bits per heavy atom. The van der Waals surface area contributed by atoms with Crippen LogP contribution in [0.2, 0.25) is 5.02 Å². The van der Waals surface area contributed by atoms with Crippen molar-refractivity contribution in [3.05, 3.63) is 64.3 Å². The SMILES string of the molecule is O=C1Nc2ccccc2/C1=N\N=C1/CCCc2c1[nH]c1ccc(Cl)cc21. The minimum atomic E-state index is -0.213. The van der Waals surface area contributed by atoms with E-state index in [1.54, 1.807) is 0 Å². The van der Waals surface area contributed by atoms with Gasteiger partial charge >= 0.3 is 0 Å². The molecule has 3 aromatic rings. The third-order valence-electron chi connectivity index (χ3n) is 4.91. The highest BCUT2D eigenvalue weighted by molar-refractivity contribution is 6.53. The van der Waals surface area contributed by atoms with Crippen molar-refractivity contribution in [1.29, 1.82) is 0 Å². The fourth-order valence-electron chi connectivity index (χ4n) is 3.70. The maximum absolute atomic E-state index is 12.2. The average Bonchev–Trinajstić information content (AvgIpc) is 3.17. The number of anilines is 1. The first kappa shape index (κ1) is 15.3. The van der Waals surface area contributed by atoms with Crippen LogP contribution in [0.4, 0.5) is 5.69 Å². The molecule has 5 nitrogen and oxygen atoms in total. The predicted molar refractivity (Wildman–Crippen MR) is 104 cm³/mol. The maximum Gasteiger partial charge on any atom is 0.276 e. The zero-order chi connectivity index (χ0) is 17.7. The van der Waals surface area contributed by atoms with Crippen LogP contribution < -0.4 is 5.32 Å². The van der Waals surface area contributed by atoms with Crippen LogP contribution in [-0.4, -0.2) is 22.3 Å². The van der Waals surface area contributed by atoms with Crippen molar-refractivity contribution in [2.45, 2.75) is 19.3 Å². The number of H-pyrrole nitrogens is 1. The van der Waals surface area contributed by atoms with Crippen molar-refractivity contribution >= 4 is 45.5 Å². The normalized spacial score (nSPS) is 19.0. The van der Waals surface area contributed by atoms with Crippen LogP contribution in [0.15, 0.2) is 52.7 Å². The molecule has 5 rings (SSSR count). The van der Waals surface area contributed by atoms with E-state index in [4.69, 9.17) is 11.6 Å². The third-order valence-corrected chi connectivity index (χ3v) is 5.15. The third kappa shape index (κ3) is 2.35. The van der Waals surface area contributed by atoms with Crippen LogP contribution in [0.1, 0.15) is 29.7 Å². The number of nitrogens with zero attached hydrogens (tertiary/aromatic N) is 2. The number of fused-ring (bicyclic) bond motifs is 4. The van der Waals surface area contributed by atoms with Gasteiger partial charge in [-0.15, -0.1) is 5.10 Å². The van der Waals surface area contributed by atoms with E-state index >= 15 is 0 Å². The molecule has 128 valence electrons. The maximum atomic E-state index is 12.2. The van der Waals surface area contributed by atoms with E-state index in [1.807, 2.05) is 42.5 Å². The summed E-state index contributed by atoms with van der Waals surface area (Å²) in [6, 6.07) is 13.4. The molecule has 0 radical (unpaired) electrons. The molecule has 0 bridgehead atoms. The molecule has 2 aromatic carbocycles. The summed E-state index contributed by atoms with van der Waals surface area (Å²) in [4.78, 5) is 15.6. The van der Waals surface area contributed by atoms with Crippen LogP contribution in [0.3, 0.4) is 0 Å². The lowest BCUT2D eigenvalue weighted by molar-refractivity contribution is -0.110. The predicted octanol–water partition coefficient (Wildman–Crippen LogP) is 4.30. The number of carbonyl (C=O) groups is 1.